The number of carbonyl (C=O) groups excluding carboxylic acids is 2. The summed E-state index contributed by atoms with van der Waals surface area (Å²) in [6, 6.07) is -0.567. The number of amides is 1. The fourth-order valence-corrected chi connectivity index (χ4v) is 1.01. The molecule has 4 nitrogen and oxygen atoms in total. The Balaban J connectivity index is 4.29. The average Bonchev–Trinajstić information content (AvgIpc) is 2.22. The second kappa shape index (κ2) is 7.04. The first-order valence-corrected chi connectivity index (χ1v) is 5.02. The van der Waals surface area contributed by atoms with Crippen LogP contribution in [0.2, 0.25) is 0 Å². The first-order chi connectivity index (χ1) is 7.02. The quantitative estimate of drug-likeness (QED) is 0.534. The molecule has 0 rings (SSSR count). The summed E-state index contributed by atoms with van der Waals surface area (Å²) in [4.78, 5) is 22.7. The fraction of sp³-hybridized carbons (Fsp3) is 0.636. The number of hydrogen-bond acceptors (Lipinski definition) is 3. The van der Waals surface area contributed by atoms with E-state index in [0.29, 0.717) is 12.8 Å². The summed E-state index contributed by atoms with van der Waals surface area (Å²) in [6.07, 6.45) is 2.89. The number of esters is 1. The molecule has 0 aliphatic heterocycles. The van der Waals surface area contributed by atoms with Crippen LogP contribution in [0, 0.1) is 5.92 Å². The van der Waals surface area contributed by atoms with Gasteiger partial charge in [0.15, 0.2) is 0 Å². The Bertz CT molecular complexity index is 236. The maximum atomic E-state index is 11.4. The molecule has 0 spiro atoms. The number of methoxy groups -OCH3 is 1. The standard InChI is InChI=1S/C11H19NO3/c1-5-6-7-9(11(14)15-4)12-10(13)8(2)3/h5,8-9H,1,6-7H2,2-4H3,(H,12,13)/t9-/m1/s1. The van der Waals surface area contributed by atoms with Crippen molar-refractivity contribution in [2.45, 2.75) is 32.7 Å². The Morgan fingerprint density at radius 2 is 2.07 bits per heavy atom. The number of carbonyl (C=O) groups is 2. The molecular formula is C11H19NO3. The lowest BCUT2D eigenvalue weighted by Crippen LogP contribution is -2.43. The molecule has 4 heteroatoms. The summed E-state index contributed by atoms with van der Waals surface area (Å²) in [5, 5.41) is 2.64. The van der Waals surface area contributed by atoms with E-state index in [9.17, 15) is 9.59 Å². The van der Waals surface area contributed by atoms with E-state index in [1.54, 1.807) is 19.9 Å². The van der Waals surface area contributed by atoms with E-state index < -0.39 is 12.0 Å². The van der Waals surface area contributed by atoms with Crippen LogP contribution in [-0.4, -0.2) is 25.0 Å². The van der Waals surface area contributed by atoms with Gasteiger partial charge >= 0.3 is 5.97 Å². The monoisotopic (exact) mass is 213 g/mol. The van der Waals surface area contributed by atoms with E-state index in [0.717, 1.165) is 0 Å². The molecule has 0 aromatic heterocycles. The average molecular weight is 213 g/mol. The third-order valence-electron chi connectivity index (χ3n) is 1.99. The predicted octanol–water partition coefficient (Wildman–Crippen LogP) is 1.27. The summed E-state index contributed by atoms with van der Waals surface area (Å²) in [5.74, 6) is -0.693. The molecule has 0 saturated carbocycles. The van der Waals surface area contributed by atoms with Crippen LogP contribution in [0.15, 0.2) is 12.7 Å². The van der Waals surface area contributed by atoms with Crippen molar-refractivity contribution in [1.29, 1.82) is 0 Å². The van der Waals surface area contributed by atoms with Gasteiger partial charge in [0.05, 0.1) is 7.11 Å². The van der Waals surface area contributed by atoms with Gasteiger partial charge in [0.25, 0.3) is 0 Å². The van der Waals surface area contributed by atoms with E-state index in [1.807, 2.05) is 0 Å². The third kappa shape index (κ3) is 5.20. The molecule has 1 N–H and O–H groups in total. The smallest absolute Gasteiger partial charge is 0.328 e. The summed E-state index contributed by atoms with van der Waals surface area (Å²) < 4.78 is 4.60. The molecule has 0 heterocycles. The summed E-state index contributed by atoms with van der Waals surface area (Å²) >= 11 is 0. The van der Waals surface area contributed by atoms with Crippen molar-refractivity contribution >= 4 is 11.9 Å². The first-order valence-electron chi connectivity index (χ1n) is 5.02. The molecule has 0 unspecified atom stereocenters. The Kier molecular flexibility index (Phi) is 6.42. The largest absolute Gasteiger partial charge is 0.467 e. The number of rotatable bonds is 6. The zero-order chi connectivity index (χ0) is 11.8. The number of ether oxygens (including phenoxy) is 1. The van der Waals surface area contributed by atoms with Gasteiger partial charge in [0, 0.05) is 5.92 Å². The van der Waals surface area contributed by atoms with Crippen molar-refractivity contribution in [3.8, 4) is 0 Å². The highest BCUT2D eigenvalue weighted by molar-refractivity contribution is 5.85. The molecule has 0 aliphatic carbocycles. The predicted molar refractivity (Wildman–Crippen MR) is 58.2 cm³/mol. The minimum Gasteiger partial charge on any atom is -0.467 e. The van der Waals surface area contributed by atoms with Gasteiger partial charge in [0.2, 0.25) is 5.91 Å². The van der Waals surface area contributed by atoms with Gasteiger partial charge in [-0.3, -0.25) is 4.79 Å². The Morgan fingerprint density at radius 3 is 2.47 bits per heavy atom. The van der Waals surface area contributed by atoms with Crippen LogP contribution in [0.4, 0.5) is 0 Å². The highest BCUT2D eigenvalue weighted by Gasteiger charge is 2.21. The topological polar surface area (TPSA) is 55.4 Å². The van der Waals surface area contributed by atoms with Gasteiger partial charge in [-0.2, -0.15) is 0 Å². The second-order valence-corrected chi connectivity index (χ2v) is 3.61. The molecule has 0 aromatic carbocycles. The minimum absolute atomic E-state index is 0.138. The third-order valence-corrected chi connectivity index (χ3v) is 1.99. The molecular weight excluding hydrogens is 194 g/mol. The van der Waals surface area contributed by atoms with Crippen molar-refractivity contribution in [2.75, 3.05) is 7.11 Å². The van der Waals surface area contributed by atoms with E-state index in [1.165, 1.54) is 7.11 Å². The van der Waals surface area contributed by atoms with Gasteiger partial charge in [0.1, 0.15) is 6.04 Å². The van der Waals surface area contributed by atoms with E-state index in [2.05, 4.69) is 16.6 Å². The minimum atomic E-state index is -0.567. The number of allylic oxidation sites excluding steroid dienone is 1. The highest BCUT2D eigenvalue weighted by atomic mass is 16.5. The Labute approximate surface area is 90.7 Å². The maximum absolute atomic E-state index is 11.4. The molecule has 1 amide bonds. The first kappa shape index (κ1) is 13.7. The molecule has 1 atom stereocenters. The van der Waals surface area contributed by atoms with E-state index in [-0.39, 0.29) is 11.8 Å². The Morgan fingerprint density at radius 1 is 1.47 bits per heavy atom. The van der Waals surface area contributed by atoms with Gasteiger partial charge in [-0.05, 0) is 12.8 Å². The lowest BCUT2D eigenvalue weighted by atomic mass is 10.1. The fourth-order valence-electron chi connectivity index (χ4n) is 1.01. The van der Waals surface area contributed by atoms with Crippen molar-refractivity contribution in [3.63, 3.8) is 0 Å². The molecule has 0 aliphatic rings. The summed E-state index contributed by atoms with van der Waals surface area (Å²) in [7, 11) is 1.31. The molecule has 86 valence electrons. The number of hydrogen-bond donors (Lipinski definition) is 1. The van der Waals surface area contributed by atoms with Crippen LogP contribution in [0.5, 0.6) is 0 Å². The summed E-state index contributed by atoms with van der Waals surface area (Å²) in [5.41, 5.74) is 0. The van der Waals surface area contributed by atoms with Gasteiger partial charge in [-0.15, -0.1) is 6.58 Å². The Hall–Kier alpha value is -1.32. The molecule has 0 aromatic rings. The van der Waals surface area contributed by atoms with Crippen LogP contribution in [0.3, 0.4) is 0 Å². The lowest BCUT2D eigenvalue weighted by molar-refractivity contribution is -0.145. The van der Waals surface area contributed by atoms with Crippen LogP contribution in [0.1, 0.15) is 26.7 Å². The van der Waals surface area contributed by atoms with Crippen molar-refractivity contribution in [2.24, 2.45) is 5.92 Å². The van der Waals surface area contributed by atoms with Crippen molar-refractivity contribution < 1.29 is 14.3 Å². The van der Waals surface area contributed by atoms with Gasteiger partial charge in [-0.1, -0.05) is 19.9 Å². The molecule has 0 bridgehead atoms. The van der Waals surface area contributed by atoms with Gasteiger partial charge < -0.3 is 10.1 Å². The molecule has 0 fully saturated rings. The normalized spacial score (nSPS) is 12.0. The van der Waals surface area contributed by atoms with Crippen molar-refractivity contribution in [3.05, 3.63) is 12.7 Å². The van der Waals surface area contributed by atoms with Crippen LogP contribution in [0.25, 0.3) is 0 Å². The highest BCUT2D eigenvalue weighted by Crippen LogP contribution is 2.02. The van der Waals surface area contributed by atoms with Crippen LogP contribution < -0.4 is 5.32 Å². The molecule has 15 heavy (non-hydrogen) atoms. The molecule has 0 saturated heterocycles. The molecule has 0 radical (unpaired) electrons. The zero-order valence-electron chi connectivity index (χ0n) is 9.58. The van der Waals surface area contributed by atoms with Gasteiger partial charge in [-0.25, -0.2) is 4.79 Å². The van der Waals surface area contributed by atoms with E-state index in [4.69, 9.17) is 0 Å². The van der Waals surface area contributed by atoms with Crippen LogP contribution >= 0.6 is 0 Å². The maximum Gasteiger partial charge on any atom is 0.328 e. The SMILES string of the molecule is C=CCC[C@@H](NC(=O)C(C)C)C(=O)OC. The van der Waals surface area contributed by atoms with Crippen LogP contribution in [-0.2, 0) is 14.3 Å². The van der Waals surface area contributed by atoms with Crippen molar-refractivity contribution in [1.82, 2.24) is 5.32 Å². The zero-order valence-corrected chi connectivity index (χ0v) is 9.58. The number of nitrogens with one attached hydrogen (secondary N) is 1. The summed E-state index contributed by atoms with van der Waals surface area (Å²) in [6.45, 7) is 7.12. The van der Waals surface area contributed by atoms with E-state index >= 15 is 0 Å². The second-order valence-electron chi connectivity index (χ2n) is 3.61. The lowest BCUT2D eigenvalue weighted by Gasteiger charge is -2.16.